The van der Waals surface area contributed by atoms with Gasteiger partial charge in [-0.2, -0.15) is 0 Å². The Kier molecular flexibility index (Phi) is 4.49. The first-order valence-electron chi connectivity index (χ1n) is 6.06. The van der Waals surface area contributed by atoms with Crippen LogP contribution in [0, 0.1) is 17.3 Å². The lowest BCUT2D eigenvalue weighted by atomic mass is 9.84. The fourth-order valence-electron chi connectivity index (χ4n) is 2.55. The fraction of sp³-hybridized carbons (Fsp3) is 1.00. The van der Waals surface area contributed by atoms with Gasteiger partial charge in [-0.3, -0.25) is 0 Å². The number of hydrogen-bond acceptors (Lipinski definition) is 0. The highest BCUT2D eigenvalue weighted by Crippen LogP contribution is 2.40. The van der Waals surface area contributed by atoms with Crippen molar-refractivity contribution in [3.05, 3.63) is 0 Å². The molecule has 1 heteroatoms. The molecule has 0 radical (unpaired) electrons. The van der Waals surface area contributed by atoms with Gasteiger partial charge in [0.15, 0.2) is 0 Å². The quantitative estimate of drug-likeness (QED) is 0.484. The van der Waals surface area contributed by atoms with E-state index in [1.54, 1.807) is 0 Å². The van der Waals surface area contributed by atoms with Crippen LogP contribution in [0.4, 0.5) is 0 Å². The van der Waals surface area contributed by atoms with Gasteiger partial charge in [0, 0.05) is 4.83 Å². The van der Waals surface area contributed by atoms with E-state index >= 15 is 0 Å². The molecule has 2 unspecified atom stereocenters. The molecule has 0 heterocycles. The molecule has 1 fully saturated rings. The molecule has 0 nitrogen and oxygen atoms in total. The number of alkyl halides is 1. The summed E-state index contributed by atoms with van der Waals surface area (Å²) in [7, 11) is 0. The second-order valence-corrected chi connectivity index (χ2v) is 7.10. The third kappa shape index (κ3) is 3.56. The van der Waals surface area contributed by atoms with E-state index in [0.717, 1.165) is 16.7 Å². The van der Waals surface area contributed by atoms with Gasteiger partial charge in [0.25, 0.3) is 0 Å². The second-order valence-electron chi connectivity index (χ2n) is 6.04. The lowest BCUT2D eigenvalue weighted by Crippen LogP contribution is -2.20. The average molecular weight is 261 g/mol. The van der Waals surface area contributed by atoms with E-state index in [4.69, 9.17) is 0 Å². The van der Waals surface area contributed by atoms with Crippen LogP contribution in [-0.2, 0) is 0 Å². The molecule has 1 aliphatic rings. The maximum atomic E-state index is 3.88. The Balaban J connectivity index is 2.50. The molecule has 0 N–H and O–H groups in total. The van der Waals surface area contributed by atoms with Crippen LogP contribution in [0.3, 0.4) is 0 Å². The van der Waals surface area contributed by atoms with E-state index in [2.05, 4.69) is 43.6 Å². The molecular formula is C13H25Br. The van der Waals surface area contributed by atoms with Crippen molar-refractivity contribution >= 4 is 15.9 Å². The van der Waals surface area contributed by atoms with Gasteiger partial charge in [0.2, 0.25) is 0 Å². The van der Waals surface area contributed by atoms with E-state index in [-0.39, 0.29) is 0 Å². The topological polar surface area (TPSA) is 0 Å². The lowest BCUT2D eigenvalue weighted by molar-refractivity contribution is 0.303. The van der Waals surface area contributed by atoms with E-state index in [9.17, 15) is 0 Å². The highest BCUT2D eigenvalue weighted by atomic mass is 79.9. The molecule has 0 spiro atoms. The summed E-state index contributed by atoms with van der Waals surface area (Å²) in [6, 6.07) is 0. The third-order valence-electron chi connectivity index (χ3n) is 3.71. The van der Waals surface area contributed by atoms with Crippen LogP contribution >= 0.6 is 15.9 Å². The Bertz CT molecular complexity index is 172. The number of halogens is 1. The van der Waals surface area contributed by atoms with Crippen LogP contribution in [0.15, 0.2) is 0 Å². The second kappa shape index (κ2) is 5.01. The molecule has 0 aromatic rings. The van der Waals surface area contributed by atoms with Crippen LogP contribution in [-0.4, -0.2) is 4.83 Å². The van der Waals surface area contributed by atoms with Crippen LogP contribution in [0.2, 0.25) is 0 Å². The van der Waals surface area contributed by atoms with Crippen molar-refractivity contribution in [2.75, 3.05) is 0 Å². The average Bonchev–Trinajstić information content (AvgIpc) is 2.25. The molecule has 1 rings (SSSR count). The number of rotatable bonds is 2. The highest BCUT2D eigenvalue weighted by molar-refractivity contribution is 9.09. The molecule has 0 amide bonds. The van der Waals surface area contributed by atoms with Gasteiger partial charge in [-0.15, -0.1) is 0 Å². The van der Waals surface area contributed by atoms with Crippen LogP contribution < -0.4 is 0 Å². The summed E-state index contributed by atoms with van der Waals surface area (Å²) in [5.41, 5.74) is 0.596. The van der Waals surface area contributed by atoms with E-state index in [1.807, 2.05) is 0 Å². The SMILES string of the molecule is CC(C)C(Br)C1CCCC(C)(C)CC1. The van der Waals surface area contributed by atoms with E-state index < -0.39 is 0 Å². The molecule has 0 aromatic heterocycles. The molecule has 0 aliphatic heterocycles. The zero-order valence-corrected chi connectivity index (χ0v) is 11.7. The van der Waals surface area contributed by atoms with E-state index in [1.165, 1.54) is 32.1 Å². The van der Waals surface area contributed by atoms with Crippen LogP contribution in [0.5, 0.6) is 0 Å². The zero-order chi connectivity index (χ0) is 10.8. The Labute approximate surface area is 98.0 Å². The summed E-state index contributed by atoms with van der Waals surface area (Å²) in [5, 5.41) is 0. The maximum absolute atomic E-state index is 3.88. The van der Waals surface area contributed by atoms with Crippen molar-refractivity contribution in [2.45, 2.75) is 64.6 Å². The smallest absolute Gasteiger partial charge is 0.0197 e. The normalized spacial score (nSPS) is 30.0. The first-order chi connectivity index (χ1) is 6.42. The van der Waals surface area contributed by atoms with Gasteiger partial charge < -0.3 is 0 Å². The first-order valence-corrected chi connectivity index (χ1v) is 6.98. The Morgan fingerprint density at radius 1 is 1.14 bits per heavy atom. The van der Waals surface area contributed by atoms with Crippen molar-refractivity contribution in [1.29, 1.82) is 0 Å². The molecule has 84 valence electrons. The molecular weight excluding hydrogens is 236 g/mol. The van der Waals surface area contributed by atoms with Crippen molar-refractivity contribution < 1.29 is 0 Å². The van der Waals surface area contributed by atoms with Gasteiger partial charge in [0.05, 0.1) is 0 Å². The lowest BCUT2D eigenvalue weighted by Gasteiger charge is -2.25. The summed E-state index contributed by atoms with van der Waals surface area (Å²) in [6.45, 7) is 9.51. The maximum Gasteiger partial charge on any atom is 0.0197 e. The van der Waals surface area contributed by atoms with Gasteiger partial charge >= 0.3 is 0 Å². The summed E-state index contributed by atoms with van der Waals surface area (Å²) < 4.78 is 0. The molecule has 1 aliphatic carbocycles. The van der Waals surface area contributed by atoms with Crippen molar-refractivity contribution in [3.8, 4) is 0 Å². The molecule has 14 heavy (non-hydrogen) atoms. The summed E-state index contributed by atoms with van der Waals surface area (Å²) in [5.74, 6) is 1.69. The Morgan fingerprint density at radius 2 is 1.79 bits per heavy atom. The van der Waals surface area contributed by atoms with Gasteiger partial charge in [-0.25, -0.2) is 0 Å². The number of hydrogen-bond donors (Lipinski definition) is 0. The summed E-state index contributed by atoms with van der Waals surface area (Å²) >= 11 is 3.88. The minimum absolute atomic E-state index is 0.596. The Morgan fingerprint density at radius 3 is 2.36 bits per heavy atom. The first kappa shape index (κ1) is 12.5. The molecule has 0 aromatic carbocycles. The van der Waals surface area contributed by atoms with Gasteiger partial charge in [-0.1, -0.05) is 50.0 Å². The fourth-order valence-corrected chi connectivity index (χ4v) is 3.08. The van der Waals surface area contributed by atoms with Crippen molar-refractivity contribution in [2.24, 2.45) is 17.3 Å². The van der Waals surface area contributed by atoms with Gasteiger partial charge in [0.1, 0.15) is 0 Å². The Hall–Kier alpha value is 0.480. The standard InChI is InChI=1S/C13H25Br/c1-10(2)12(14)11-6-5-8-13(3,4)9-7-11/h10-12H,5-9H2,1-4H3. The van der Waals surface area contributed by atoms with Crippen LogP contribution in [0.25, 0.3) is 0 Å². The minimum Gasteiger partial charge on any atom is -0.0885 e. The highest BCUT2D eigenvalue weighted by Gasteiger charge is 2.28. The summed E-state index contributed by atoms with van der Waals surface area (Å²) in [4.78, 5) is 0.733. The monoisotopic (exact) mass is 260 g/mol. The summed E-state index contributed by atoms with van der Waals surface area (Å²) in [6.07, 6.45) is 7.10. The van der Waals surface area contributed by atoms with Gasteiger partial charge in [-0.05, 0) is 42.9 Å². The van der Waals surface area contributed by atoms with Crippen molar-refractivity contribution in [1.82, 2.24) is 0 Å². The van der Waals surface area contributed by atoms with Crippen molar-refractivity contribution in [3.63, 3.8) is 0 Å². The molecule has 1 saturated carbocycles. The largest absolute Gasteiger partial charge is 0.0885 e. The molecule has 0 saturated heterocycles. The third-order valence-corrected chi connectivity index (χ3v) is 5.51. The van der Waals surface area contributed by atoms with Crippen LogP contribution in [0.1, 0.15) is 59.8 Å². The predicted molar refractivity (Wildman–Crippen MR) is 67.9 cm³/mol. The van der Waals surface area contributed by atoms with E-state index in [0.29, 0.717) is 5.41 Å². The molecule has 2 atom stereocenters. The minimum atomic E-state index is 0.596. The molecule has 0 bridgehead atoms. The predicted octanol–water partition coefficient (Wildman–Crippen LogP) is 5.01. The zero-order valence-electron chi connectivity index (χ0n) is 10.1.